The Hall–Kier alpha value is -1.53. The summed E-state index contributed by atoms with van der Waals surface area (Å²) >= 11 is 4.93. The number of nitrogens with one attached hydrogen (secondary N) is 2. The van der Waals surface area contributed by atoms with E-state index in [-0.39, 0.29) is 5.82 Å². The molecule has 0 bridgehead atoms. The van der Waals surface area contributed by atoms with Crippen molar-refractivity contribution in [2.45, 2.75) is 0 Å². The molecule has 0 spiro atoms. The Morgan fingerprint density at radius 2 is 2.29 bits per heavy atom. The number of halogens is 1. The third-order valence-corrected chi connectivity index (χ3v) is 2.10. The lowest BCUT2D eigenvalue weighted by Gasteiger charge is -2.05. The Kier molecular flexibility index (Phi) is 6.13. The monoisotopic (exact) mass is 255 g/mol. The zero-order valence-electron chi connectivity index (χ0n) is 9.44. The number of nitrogens with zero attached hydrogens (tertiary/aromatic N) is 1. The summed E-state index contributed by atoms with van der Waals surface area (Å²) in [5.74, 6) is -0.323. The molecular weight excluding hydrogens is 241 g/mol. The van der Waals surface area contributed by atoms with Crippen LogP contribution >= 0.6 is 12.2 Å². The Bertz CT molecular complexity index is 398. The maximum atomic E-state index is 13.2. The smallest absolute Gasteiger partial charge is 0.187 e. The van der Waals surface area contributed by atoms with E-state index in [0.29, 0.717) is 23.8 Å². The first-order valence-electron chi connectivity index (χ1n) is 5.04. The summed E-state index contributed by atoms with van der Waals surface area (Å²) in [6.07, 6.45) is 1.37. The Labute approximate surface area is 105 Å². The Morgan fingerprint density at radius 3 is 3.00 bits per heavy atom. The Morgan fingerprint density at radius 1 is 1.53 bits per heavy atom. The molecule has 0 saturated carbocycles. The minimum absolute atomic E-state index is 0.323. The second kappa shape index (κ2) is 7.70. The van der Waals surface area contributed by atoms with E-state index in [2.05, 4.69) is 15.8 Å². The molecule has 0 aliphatic carbocycles. The van der Waals surface area contributed by atoms with Crippen LogP contribution in [0.25, 0.3) is 0 Å². The molecule has 92 valence electrons. The molecule has 0 aliphatic heterocycles. The van der Waals surface area contributed by atoms with E-state index in [1.807, 2.05) is 0 Å². The van der Waals surface area contributed by atoms with E-state index >= 15 is 0 Å². The van der Waals surface area contributed by atoms with Gasteiger partial charge in [-0.1, -0.05) is 18.2 Å². The number of ether oxygens (including phenoxy) is 1. The molecule has 0 aromatic heterocycles. The number of hydrazone groups is 1. The van der Waals surface area contributed by atoms with Crippen molar-refractivity contribution in [1.82, 2.24) is 10.7 Å². The van der Waals surface area contributed by atoms with Gasteiger partial charge in [-0.05, 0) is 18.3 Å². The predicted molar refractivity (Wildman–Crippen MR) is 69.6 cm³/mol. The summed E-state index contributed by atoms with van der Waals surface area (Å²) in [4.78, 5) is 0. The largest absolute Gasteiger partial charge is 0.383 e. The van der Waals surface area contributed by atoms with E-state index in [0.717, 1.165) is 0 Å². The van der Waals surface area contributed by atoms with Crippen LogP contribution < -0.4 is 10.7 Å². The fourth-order valence-electron chi connectivity index (χ4n) is 1.05. The molecule has 1 aromatic carbocycles. The predicted octanol–water partition coefficient (Wildman–Crippen LogP) is 1.27. The highest BCUT2D eigenvalue weighted by Gasteiger charge is 1.96. The highest BCUT2D eigenvalue weighted by atomic mass is 32.1. The lowest BCUT2D eigenvalue weighted by Crippen LogP contribution is -2.34. The zero-order valence-corrected chi connectivity index (χ0v) is 10.3. The van der Waals surface area contributed by atoms with Crippen LogP contribution in [0.1, 0.15) is 5.56 Å². The summed E-state index contributed by atoms with van der Waals surface area (Å²) in [6, 6.07) is 6.36. The molecule has 0 unspecified atom stereocenters. The van der Waals surface area contributed by atoms with Crippen molar-refractivity contribution in [2.24, 2.45) is 5.10 Å². The first kappa shape index (κ1) is 13.5. The summed E-state index contributed by atoms with van der Waals surface area (Å²) in [7, 11) is 1.61. The van der Waals surface area contributed by atoms with Gasteiger partial charge < -0.3 is 10.1 Å². The topological polar surface area (TPSA) is 45.6 Å². The van der Waals surface area contributed by atoms with Crippen LogP contribution in [0.4, 0.5) is 4.39 Å². The molecule has 0 saturated heterocycles. The second-order valence-electron chi connectivity index (χ2n) is 3.14. The standard InChI is InChI=1S/C11H14FN3OS/c1-16-7-6-13-11(17)15-14-8-9-4-2-3-5-10(9)12/h2-5,8H,6-7H2,1H3,(H2,13,15,17)/b14-8-. The molecule has 0 fully saturated rings. The molecule has 0 aliphatic rings. The van der Waals surface area contributed by atoms with Crippen LogP contribution in [0.5, 0.6) is 0 Å². The summed E-state index contributed by atoms with van der Waals surface area (Å²) in [5.41, 5.74) is 2.99. The van der Waals surface area contributed by atoms with Crippen LogP contribution in [-0.2, 0) is 4.74 Å². The van der Waals surface area contributed by atoms with Crippen molar-refractivity contribution in [2.75, 3.05) is 20.3 Å². The highest BCUT2D eigenvalue weighted by Crippen LogP contribution is 2.02. The summed E-state index contributed by atoms with van der Waals surface area (Å²) < 4.78 is 18.0. The molecule has 2 N–H and O–H groups in total. The van der Waals surface area contributed by atoms with Crippen LogP contribution in [-0.4, -0.2) is 31.6 Å². The van der Waals surface area contributed by atoms with Crippen LogP contribution in [0.15, 0.2) is 29.4 Å². The minimum atomic E-state index is -0.323. The molecule has 1 aromatic rings. The lowest BCUT2D eigenvalue weighted by molar-refractivity contribution is 0.204. The average Bonchev–Trinajstić information content (AvgIpc) is 2.32. The third kappa shape index (κ3) is 5.37. The fraction of sp³-hybridized carbons (Fsp3) is 0.273. The van der Waals surface area contributed by atoms with Crippen LogP contribution in [0, 0.1) is 5.82 Å². The molecule has 0 heterocycles. The quantitative estimate of drug-likeness (QED) is 0.360. The molecule has 4 nitrogen and oxygen atoms in total. The van der Waals surface area contributed by atoms with Gasteiger partial charge in [-0.3, -0.25) is 5.43 Å². The molecular formula is C11H14FN3OS. The van der Waals surface area contributed by atoms with Crippen molar-refractivity contribution < 1.29 is 9.13 Å². The fourth-order valence-corrected chi connectivity index (χ4v) is 1.20. The number of benzene rings is 1. The van der Waals surface area contributed by atoms with Crippen molar-refractivity contribution in [3.63, 3.8) is 0 Å². The first-order valence-corrected chi connectivity index (χ1v) is 5.45. The molecule has 0 atom stereocenters. The maximum absolute atomic E-state index is 13.2. The van der Waals surface area contributed by atoms with Gasteiger partial charge in [0.25, 0.3) is 0 Å². The van der Waals surface area contributed by atoms with Crippen molar-refractivity contribution in [3.05, 3.63) is 35.6 Å². The lowest BCUT2D eigenvalue weighted by atomic mass is 10.2. The van der Waals surface area contributed by atoms with Gasteiger partial charge in [0.2, 0.25) is 0 Å². The third-order valence-electron chi connectivity index (χ3n) is 1.87. The number of rotatable bonds is 5. The highest BCUT2D eigenvalue weighted by molar-refractivity contribution is 7.80. The summed E-state index contributed by atoms with van der Waals surface area (Å²) in [5, 5.41) is 7.06. The van der Waals surface area contributed by atoms with Crippen LogP contribution in [0.3, 0.4) is 0 Å². The number of thiocarbonyl (C=S) groups is 1. The number of methoxy groups -OCH3 is 1. The molecule has 17 heavy (non-hydrogen) atoms. The van der Waals surface area contributed by atoms with E-state index in [4.69, 9.17) is 17.0 Å². The maximum Gasteiger partial charge on any atom is 0.187 e. The average molecular weight is 255 g/mol. The van der Waals surface area contributed by atoms with E-state index in [1.165, 1.54) is 12.3 Å². The zero-order chi connectivity index (χ0) is 12.5. The summed E-state index contributed by atoms with van der Waals surface area (Å²) in [6.45, 7) is 1.15. The number of hydrogen-bond donors (Lipinski definition) is 2. The molecule has 1 rings (SSSR count). The molecule has 0 amide bonds. The van der Waals surface area contributed by atoms with Gasteiger partial charge in [0.05, 0.1) is 12.8 Å². The van der Waals surface area contributed by atoms with Gasteiger partial charge >= 0.3 is 0 Å². The van der Waals surface area contributed by atoms with Gasteiger partial charge in [0, 0.05) is 19.2 Å². The SMILES string of the molecule is COCCNC(=S)N/N=C\c1ccccc1F. The van der Waals surface area contributed by atoms with Gasteiger partial charge in [-0.2, -0.15) is 5.10 Å². The molecule has 6 heteroatoms. The van der Waals surface area contributed by atoms with E-state index in [1.54, 1.807) is 25.3 Å². The van der Waals surface area contributed by atoms with Gasteiger partial charge in [0.15, 0.2) is 5.11 Å². The van der Waals surface area contributed by atoms with Gasteiger partial charge in [0.1, 0.15) is 5.82 Å². The minimum Gasteiger partial charge on any atom is -0.383 e. The molecule has 0 radical (unpaired) electrons. The van der Waals surface area contributed by atoms with E-state index in [9.17, 15) is 4.39 Å². The Balaban J connectivity index is 2.35. The van der Waals surface area contributed by atoms with Crippen molar-refractivity contribution in [3.8, 4) is 0 Å². The van der Waals surface area contributed by atoms with Crippen molar-refractivity contribution in [1.29, 1.82) is 0 Å². The normalized spacial score (nSPS) is 10.5. The number of hydrogen-bond acceptors (Lipinski definition) is 3. The van der Waals surface area contributed by atoms with Gasteiger partial charge in [-0.15, -0.1) is 0 Å². The van der Waals surface area contributed by atoms with Crippen molar-refractivity contribution >= 4 is 23.5 Å². The van der Waals surface area contributed by atoms with Gasteiger partial charge in [-0.25, -0.2) is 4.39 Å². The van der Waals surface area contributed by atoms with Crippen LogP contribution in [0.2, 0.25) is 0 Å². The second-order valence-corrected chi connectivity index (χ2v) is 3.55. The first-order chi connectivity index (χ1) is 8.24. The van der Waals surface area contributed by atoms with E-state index < -0.39 is 0 Å².